The van der Waals surface area contributed by atoms with Crippen molar-refractivity contribution >= 4 is 17.9 Å². The summed E-state index contributed by atoms with van der Waals surface area (Å²) in [4.78, 5) is 32.8. The number of nitrogens with one attached hydrogen (secondary N) is 1. The third-order valence-corrected chi connectivity index (χ3v) is 8.02. The summed E-state index contributed by atoms with van der Waals surface area (Å²) < 4.78 is 5.32. The molecule has 0 radical (unpaired) electrons. The highest BCUT2D eigenvalue weighted by molar-refractivity contribution is 5.95. The van der Waals surface area contributed by atoms with Gasteiger partial charge >= 0.3 is 0 Å². The molecular weight excluding hydrogens is 438 g/mol. The zero-order valence-electron chi connectivity index (χ0n) is 20.8. The summed E-state index contributed by atoms with van der Waals surface area (Å²) >= 11 is 0. The van der Waals surface area contributed by atoms with Crippen LogP contribution in [0.5, 0.6) is 0 Å². The molecule has 5 rings (SSSR count). The van der Waals surface area contributed by atoms with E-state index in [1.54, 1.807) is 12.1 Å². The fourth-order valence-corrected chi connectivity index (χ4v) is 5.43. The molecule has 2 fully saturated rings. The van der Waals surface area contributed by atoms with E-state index < -0.39 is 0 Å². The number of allylic oxidation sites excluding steroid dienone is 2. The van der Waals surface area contributed by atoms with Gasteiger partial charge in [-0.2, -0.15) is 0 Å². The standard InChI is InChI=1S/C29H35N3O3/c1-20-26(10-9-25-15-22(17-30-29(20,25)2)18-32-12-3-4-13-32)31-28(34)23-7-5-21(6-8-23)16-27(33)24-11-14-35-19-24/h5-10,15,17,20,24H,3-4,11-14,16,18-19H2,1-2H3,(H,31,34). The first-order chi connectivity index (χ1) is 16.9. The van der Waals surface area contributed by atoms with Crippen molar-refractivity contribution in [1.29, 1.82) is 0 Å². The van der Waals surface area contributed by atoms with Crippen LogP contribution in [0.15, 0.2) is 64.3 Å². The minimum atomic E-state index is -0.389. The van der Waals surface area contributed by atoms with Crippen LogP contribution in [0.1, 0.15) is 49.0 Å². The third kappa shape index (κ3) is 5.09. The Hall–Kier alpha value is -2.83. The van der Waals surface area contributed by atoms with Crippen molar-refractivity contribution in [3.63, 3.8) is 0 Å². The summed E-state index contributed by atoms with van der Waals surface area (Å²) in [6.45, 7) is 8.75. The van der Waals surface area contributed by atoms with Gasteiger partial charge in [-0.25, -0.2) is 0 Å². The Morgan fingerprint density at radius 1 is 1.17 bits per heavy atom. The SMILES string of the molecule is CC1C(NC(=O)c2ccc(CC(=O)C3CCOC3)cc2)=CC=C2C=C(CN3CCCC3)C=NC21C. The van der Waals surface area contributed by atoms with Crippen molar-refractivity contribution in [1.82, 2.24) is 10.2 Å². The van der Waals surface area contributed by atoms with Gasteiger partial charge in [0.25, 0.3) is 5.91 Å². The largest absolute Gasteiger partial charge is 0.381 e. The van der Waals surface area contributed by atoms with E-state index in [1.165, 1.54) is 37.1 Å². The Kier molecular flexibility index (Phi) is 6.85. The lowest BCUT2D eigenvalue weighted by atomic mass is 9.74. The number of hydrogen-bond acceptors (Lipinski definition) is 5. The highest BCUT2D eigenvalue weighted by Gasteiger charge is 2.39. The second kappa shape index (κ2) is 10.0. The quantitative estimate of drug-likeness (QED) is 0.652. The topological polar surface area (TPSA) is 71.0 Å². The van der Waals surface area contributed by atoms with Crippen LogP contribution in [-0.2, 0) is 16.0 Å². The molecule has 1 aromatic rings. The molecule has 35 heavy (non-hydrogen) atoms. The number of likely N-dealkylation sites (tertiary alicyclic amines) is 1. The maximum absolute atomic E-state index is 13.0. The Bertz CT molecular complexity index is 1100. The molecule has 3 atom stereocenters. The number of rotatable bonds is 7. The number of carbonyl (C=O) groups excluding carboxylic acids is 2. The van der Waals surface area contributed by atoms with Crippen molar-refractivity contribution in [2.75, 3.05) is 32.8 Å². The Morgan fingerprint density at radius 3 is 2.66 bits per heavy atom. The van der Waals surface area contributed by atoms with Gasteiger partial charge in [-0.15, -0.1) is 0 Å². The summed E-state index contributed by atoms with van der Waals surface area (Å²) in [7, 11) is 0. The summed E-state index contributed by atoms with van der Waals surface area (Å²) in [5.41, 5.74) is 4.44. The maximum Gasteiger partial charge on any atom is 0.255 e. The number of hydrogen-bond donors (Lipinski definition) is 1. The van der Waals surface area contributed by atoms with Crippen LogP contribution in [0.3, 0.4) is 0 Å². The lowest BCUT2D eigenvalue weighted by Gasteiger charge is -2.39. The van der Waals surface area contributed by atoms with Gasteiger partial charge in [-0.3, -0.25) is 19.5 Å². The number of benzene rings is 1. The van der Waals surface area contributed by atoms with E-state index in [9.17, 15) is 9.59 Å². The maximum atomic E-state index is 13.0. The molecule has 0 aromatic heterocycles. The molecule has 0 bridgehead atoms. The van der Waals surface area contributed by atoms with E-state index in [2.05, 4.69) is 36.2 Å². The Labute approximate surface area is 207 Å². The van der Waals surface area contributed by atoms with E-state index in [-0.39, 0.29) is 29.1 Å². The van der Waals surface area contributed by atoms with Crippen LogP contribution in [-0.4, -0.2) is 61.2 Å². The van der Waals surface area contributed by atoms with Crippen LogP contribution in [0.2, 0.25) is 0 Å². The smallest absolute Gasteiger partial charge is 0.255 e. The zero-order valence-corrected chi connectivity index (χ0v) is 20.8. The van der Waals surface area contributed by atoms with Gasteiger partial charge in [0, 0.05) is 48.9 Å². The average molecular weight is 474 g/mol. The summed E-state index contributed by atoms with van der Waals surface area (Å²) in [6.07, 6.45) is 12.2. The van der Waals surface area contributed by atoms with E-state index in [4.69, 9.17) is 9.73 Å². The van der Waals surface area contributed by atoms with Crippen LogP contribution in [0, 0.1) is 11.8 Å². The number of amides is 1. The van der Waals surface area contributed by atoms with Crippen molar-refractivity contribution in [2.45, 2.75) is 45.1 Å². The first-order valence-corrected chi connectivity index (χ1v) is 12.8. The van der Waals surface area contributed by atoms with Gasteiger partial charge in [-0.1, -0.05) is 31.2 Å². The molecule has 6 heteroatoms. The van der Waals surface area contributed by atoms with Crippen LogP contribution < -0.4 is 5.32 Å². The molecule has 4 aliphatic rings. The highest BCUT2D eigenvalue weighted by atomic mass is 16.5. The van der Waals surface area contributed by atoms with Gasteiger partial charge in [0.1, 0.15) is 5.78 Å². The predicted molar refractivity (Wildman–Crippen MR) is 138 cm³/mol. The molecule has 1 aromatic carbocycles. The molecule has 184 valence electrons. The minimum Gasteiger partial charge on any atom is -0.381 e. The second-order valence-electron chi connectivity index (χ2n) is 10.4. The molecule has 3 aliphatic heterocycles. The van der Waals surface area contributed by atoms with Crippen molar-refractivity contribution in [3.05, 3.63) is 70.5 Å². The van der Waals surface area contributed by atoms with Crippen LogP contribution >= 0.6 is 0 Å². The molecule has 2 saturated heterocycles. The number of aliphatic imine (C=N–C) groups is 1. The molecule has 0 spiro atoms. The number of ketones is 1. The van der Waals surface area contributed by atoms with Crippen molar-refractivity contribution in [2.24, 2.45) is 16.8 Å². The number of nitrogens with zero attached hydrogens (tertiary/aromatic N) is 2. The van der Waals surface area contributed by atoms with Gasteiger partial charge < -0.3 is 10.1 Å². The van der Waals surface area contributed by atoms with Crippen LogP contribution in [0.4, 0.5) is 0 Å². The molecular formula is C29H35N3O3. The lowest BCUT2D eigenvalue weighted by Crippen LogP contribution is -2.42. The van der Waals surface area contributed by atoms with Crippen LogP contribution in [0.25, 0.3) is 0 Å². The number of dihydropyridines is 1. The second-order valence-corrected chi connectivity index (χ2v) is 10.4. The van der Waals surface area contributed by atoms with Crippen molar-refractivity contribution in [3.8, 4) is 0 Å². The molecule has 3 heterocycles. The van der Waals surface area contributed by atoms with E-state index in [0.29, 0.717) is 25.2 Å². The lowest BCUT2D eigenvalue weighted by molar-refractivity contribution is -0.122. The van der Waals surface area contributed by atoms with Gasteiger partial charge in [0.05, 0.1) is 12.1 Å². The molecule has 0 saturated carbocycles. The minimum absolute atomic E-state index is 0.00519. The normalized spacial score (nSPS) is 28.2. The monoisotopic (exact) mass is 473 g/mol. The number of fused-ring (bicyclic) bond motifs is 1. The first-order valence-electron chi connectivity index (χ1n) is 12.8. The summed E-state index contributed by atoms with van der Waals surface area (Å²) in [5.74, 6) is 0.112. The molecule has 1 N–H and O–H groups in total. The average Bonchev–Trinajstić information content (AvgIpc) is 3.57. The highest BCUT2D eigenvalue weighted by Crippen LogP contribution is 2.40. The predicted octanol–water partition coefficient (Wildman–Crippen LogP) is 3.89. The van der Waals surface area contributed by atoms with Gasteiger partial charge in [-0.05, 0) is 74.2 Å². The van der Waals surface area contributed by atoms with Gasteiger partial charge in [0.15, 0.2) is 0 Å². The molecule has 6 nitrogen and oxygen atoms in total. The number of ether oxygens (including phenoxy) is 1. The van der Waals surface area contributed by atoms with Gasteiger partial charge in [0.2, 0.25) is 0 Å². The first kappa shape index (κ1) is 23.9. The summed E-state index contributed by atoms with van der Waals surface area (Å²) in [5, 5.41) is 3.11. The van der Waals surface area contributed by atoms with Crippen molar-refractivity contribution < 1.29 is 14.3 Å². The Balaban J connectivity index is 1.23. The van der Waals surface area contributed by atoms with E-state index in [1.807, 2.05) is 24.4 Å². The number of carbonyl (C=O) groups is 2. The molecule has 3 unspecified atom stereocenters. The zero-order chi connectivity index (χ0) is 24.4. The van der Waals surface area contributed by atoms with E-state index >= 15 is 0 Å². The fraction of sp³-hybridized carbons (Fsp3) is 0.483. The fourth-order valence-electron chi connectivity index (χ4n) is 5.43. The summed E-state index contributed by atoms with van der Waals surface area (Å²) in [6, 6.07) is 7.34. The number of Topliss-reactive ketones (excluding diaryl/α,β-unsaturated/α-hetero) is 1. The molecule has 1 amide bonds. The third-order valence-electron chi connectivity index (χ3n) is 8.02. The van der Waals surface area contributed by atoms with E-state index in [0.717, 1.165) is 24.2 Å². The molecule has 1 aliphatic carbocycles. The Morgan fingerprint density at radius 2 is 1.94 bits per heavy atom.